The summed E-state index contributed by atoms with van der Waals surface area (Å²) in [7, 11) is -3.46. The first-order valence-corrected chi connectivity index (χ1v) is 9.32. The zero-order valence-electron chi connectivity index (χ0n) is 10.9. The largest absolute Gasteiger partial charge is 0.399 e. The van der Waals surface area contributed by atoms with E-state index in [9.17, 15) is 8.42 Å². The number of anilines is 1. The molecule has 0 amide bonds. The van der Waals surface area contributed by atoms with Crippen LogP contribution in [0.2, 0.25) is 0 Å². The van der Waals surface area contributed by atoms with Crippen LogP contribution in [0.25, 0.3) is 0 Å². The lowest BCUT2D eigenvalue weighted by atomic mass is 10.0. The summed E-state index contributed by atoms with van der Waals surface area (Å²) in [6.45, 7) is 0. The molecule has 0 radical (unpaired) electrons. The van der Waals surface area contributed by atoms with Crippen molar-refractivity contribution in [3.8, 4) is 0 Å². The number of fused-ring (bicyclic) bond motifs is 5. The smallest absolute Gasteiger partial charge is 0.241 e. The molecule has 0 saturated heterocycles. The third kappa shape index (κ3) is 1.84. The molecule has 3 fully saturated rings. The zero-order chi connectivity index (χ0) is 14.1. The SMILES string of the molecule is Nc1ccc(S(=O)(=O)NC2C3C4CCC(C4)C23)c(Br)c1. The summed E-state index contributed by atoms with van der Waals surface area (Å²) < 4.78 is 28.4. The third-order valence-corrected chi connectivity index (χ3v) is 7.71. The summed E-state index contributed by atoms with van der Waals surface area (Å²) in [6.07, 6.45) is 3.89. The minimum Gasteiger partial charge on any atom is -0.399 e. The van der Waals surface area contributed by atoms with Gasteiger partial charge in [0, 0.05) is 16.2 Å². The Morgan fingerprint density at radius 1 is 1.20 bits per heavy atom. The molecule has 6 heteroatoms. The summed E-state index contributed by atoms with van der Waals surface area (Å²) in [5.41, 5.74) is 6.21. The number of benzene rings is 1. The van der Waals surface area contributed by atoms with Crippen LogP contribution in [0.1, 0.15) is 19.3 Å². The molecule has 4 rings (SSSR count). The van der Waals surface area contributed by atoms with Gasteiger partial charge >= 0.3 is 0 Å². The number of halogens is 1. The monoisotopic (exact) mass is 356 g/mol. The number of rotatable bonds is 3. The molecule has 4 atom stereocenters. The van der Waals surface area contributed by atoms with Gasteiger partial charge in [-0.3, -0.25) is 0 Å². The van der Waals surface area contributed by atoms with Gasteiger partial charge in [-0.2, -0.15) is 0 Å². The fourth-order valence-corrected chi connectivity index (χ4v) is 6.86. The Balaban J connectivity index is 1.57. The molecule has 0 aromatic heterocycles. The molecular formula is C14H17BrN2O2S. The van der Waals surface area contributed by atoms with E-state index in [1.165, 1.54) is 19.3 Å². The van der Waals surface area contributed by atoms with Crippen molar-refractivity contribution in [3.05, 3.63) is 22.7 Å². The molecule has 20 heavy (non-hydrogen) atoms. The van der Waals surface area contributed by atoms with E-state index in [-0.39, 0.29) is 10.9 Å². The van der Waals surface area contributed by atoms with Gasteiger partial charge in [-0.1, -0.05) is 0 Å². The second-order valence-corrected chi connectivity index (χ2v) is 8.86. The van der Waals surface area contributed by atoms with Crippen LogP contribution in [-0.4, -0.2) is 14.5 Å². The number of nitrogen functional groups attached to an aromatic ring is 1. The van der Waals surface area contributed by atoms with Gasteiger partial charge in [-0.25, -0.2) is 13.1 Å². The average Bonchev–Trinajstić information content (AvgIpc) is 2.78. The lowest BCUT2D eigenvalue weighted by Gasteiger charge is -2.12. The van der Waals surface area contributed by atoms with Crippen molar-refractivity contribution in [1.82, 2.24) is 4.72 Å². The van der Waals surface area contributed by atoms with Gasteiger partial charge in [0.2, 0.25) is 10.0 Å². The summed E-state index contributed by atoms with van der Waals surface area (Å²) in [5.74, 6) is 2.70. The van der Waals surface area contributed by atoms with Crippen LogP contribution in [0, 0.1) is 23.7 Å². The van der Waals surface area contributed by atoms with Crippen LogP contribution in [0.4, 0.5) is 5.69 Å². The molecule has 0 spiro atoms. The average molecular weight is 357 g/mol. The van der Waals surface area contributed by atoms with Gasteiger partial charge in [-0.05, 0) is 77.1 Å². The molecule has 3 saturated carbocycles. The number of nitrogens with two attached hydrogens (primary N) is 1. The van der Waals surface area contributed by atoms with Gasteiger partial charge in [0.1, 0.15) is 0 Å². The van der Waals surface area contributed by atoms with Crippen molar-refractivity contribution >= 4 is 31.6 Å². The van der Waals surface area contributed by atoms with E-state index in [0.29, 0.717) is 22.0 Å². The second kappa shape index (κ2) is 4.21. The van der Waals surface area contributed by atoms with Gasteiger partial charge < -0.3 is 5.73 Å². The Morgan fingerprint density at radius 2 is 1.85 bits per heavy atom. The van der Waals surface area contributed by atoms with Gasteiger partial charge in [-0.15, -0.1) is 0 Å². The highest BCUT2D eigenvalue weighted by atomic mass is 79.9. The van der Waals surface area contributed by atoms with Gasteiger partial charge in [0.05, 0.1) is 4.90 Å². The van der Waals surface area contributed by atoms with Crippen molar-refractivity contribution in [1.29, 1.82) is 0 Å². The molecule has 3 N–H and O–H groups in total. The molecule has 4 unspecified atom stereocenters. The molecule has 1 aromatic carbocycles. The van der Waals surface area contributed by atoms with Crippen LogP contribution in [0.5, 0.6) is 0 Å². The molecule has 108 valence electrons. The van der Waals surface area contributed by atoms with E-state index in [1.54, 1.807) is 18.2 Å². The summed E-state index contributed by atoms with van der Waals surface area (Å²) >= 11 is 3.29. The fourth-order valence-electron chi connectivity index (χ4n) is 4.46. The Morgan fingerprint density at radius 3 is 2.45 bits per heavy atom. The first-order valence-electron chi connectivity index (χ1n) is 7.05. The minimum atomic E-state index is -3.46. The Kier molecular flexibility index (Phi) is 2.76. The second-order valence-electron chi connectivity index (χ2n) is 6.32. The van der Waals surface area contributed by atoms with Crippen molar-refractivity contribution in [3.63, 3.8) is 0 Å². The number of nitrogens with one attached hydrogen (secondary N) is 1. The molecule has 3 aliphatic carbocycles. The molecule has 4 nitrogen and oxygen atoms in total. The maximum absolute atomic E-state index is 12.5. The lowest BCUT2D eigenvalue weighted by Crippen LogP contribution is -2.30. The highest BCUT2D eigenvalue weighted by molar-refractivity contribution is 9.10. The summed E-state index contributed by atoms with van der Waals surface area (Å²) in [4.78, 5) is 0.282. The Hall–Kier alpha value is -0.590. The molecule has 3 aliphatic rings. The van der Waals surface area contributed by atoms with Crippen LogP contribution in [0.15, 0.2) is 27.6 Å². The molecular weight excluding hydrogens is 340 g/mol. The molecule has 1 aromatic rings. The number of sulfonamides is 1. The lowest BCUT2D eigenvalue weighted by molar-refractivity contribution is 0.456. The van der Waals surface area contributed by atoms with Crippen LogP contribution in [-0.2, 0) is 10.0 Å². The van der Waals surface area contributed by atoms with Gasteiger partial charge in [0.25, 0.3) is 0 Å². The predicted octanol–water partition coefficient (Wildman–Crippen LogP) is 2.35. The molecule has 0 aliphatic heterocycles. The van der Waals surface area contributed by atoms with E-state index in [2.05, 4.69) is 20.7 Å². The topological polar surface area (TPSA) is 72.2 Å². The Bertz CT molecular complexity index is 660. The van der Waals surface area contributed by atoms with E-state index in [1.807, 2.05) is 0 Å². The van der Waals surface area contributed by atoms with E-state index in [4.69, 9.17) is 5.73 Å². The standard InChI is InChI=1S/C14H17BrN2O2S/c15-10-6-9(16)3-4-11(10)20(18,19)17-14-12-7-1-2-8(5-7)13(12)14/h3-4,6-8,12-14,17H,1-2,5,16H2. The number of hydrogen-bond donors (Lipinski definition) is 2. The van der Waals surface area contributed by atoms with Crippen molar-refractivity contribution in [2.75, 3.05) is 5.73 Å². The normalized spacial score (nSPS) is 38.0. The van der Waals surface area contributed by atoms with Gasteiger partial charge in [0.15, 0.2) is 0 Å². The maximum atomic E-state index is 12.5. The third-order valence-electron chi connectivity index (χ3n) is 5.27. The number of hydrogen-bond acceptors (Lipinski definition) is 3. The van der Waals surface area contributed by atoms with E-state index in [0.717, 1.165) is 11.8 Å². The van der Waals surface area contributed by atoms with E-state index < -0.39 is 10.0 Å². The van der Waals surface area contributed by atoms with Crippen LogP contribution in [0.3, 0.4) is 0 Å². The van der Waals surface area contributed by atoms with Crippen molar-refractivity contribution in [2.45, 2.75) is 30.2 Å². The first-order chi connectivity index (χ1) is 9.47. The molecule has 2 bridgehead atoms. The van der Waals surface area contributed by atoms with Crippen molar-refractivity contribution < 1.29 is 8.42 Å². The highest BCUT2D eigenvalue weighted by Gasteiger charge is 2.65. The maximum Gasteiger partial charge on any atom is 0.241 e. The predicted molar refractivity (Wildman–Crippen MR) is 80.5 cm³/mol. The first kappa shape index (κ1) is 13.1. The zero-order valence-corrected chi connectivity index (χ0v) is 13.3. The van der Waals surface area contributed by atoms with E-state index >= 15 is 0 Å². The fraction of sp³-hybridized carbons (Fsp3) is 0.571. The quantitative estimate of drug-likeness (QED) is 0.816. The summed E-state index contributed by atoms with van der Waals surface area (Å²) in [5, 5.41) is 0. The van der Waals surface area contributed by atoms with Crippen molar-refractivity contribution in [2.24, 2.45) is 23.7 Å². The van der Waals surface area contributed by atoms with Crippen LogP contribution < -0.4 is 10.5 Å². The summed E-state index contributed by atoms with van der Waals surface area (Å²) in [6, 6.07) is 4.98. The highest BCUT2D eigenvalue weighted by Crippen LogP contribution is 2.65. The molecule has 0 heterocycles. The van der Waals surface area contributed by atoms with Crippen LogP contribution >= 0.6 is 15.9 Å². The minimum absolute atomic E-state index is 0.163. The Labute approximate surface area is 127 Å².